The van der Waals surface area contributed by atoms with Crippen molar-refractivity contribution < 1.29 is 0 Å². The van der Waals surface area contributed by atoms with E-state index >= 15 is 0 Å². The predicted molar refractivity (Wildman–Crippen MR) is 88.4 cm³/mol. The van der Waals surface area contributed by atoms with Gasteiger partial charge in [-0.15, -0.1) is 0 Å². The standard InChI is InChI=1S/C18H22ClN/c1-4-13(2)14-5-7-15(8-6-14)18-10-9-17(19)11-16(18)12-20-3/h5-11,13,20H,4,12H2,1-3H3. The first-order valence-electron chi connectivity index (χ1n) is 7.19. The van der Waals surface area contributed by atoms with Crippen molar-refractivity contribution in [2.75, 3.05) is 7.05 Å². The lowest BCUT2D eigenvalue weighted by molar-refractivity contribution is 0.734. The van der Waals surface area contributed by atoms with Crippen LogP contribution in [0.5, 0.6) is 0 Å². The fourth-order valence-corrected chi connectivity index (χ4v) is 2.60. The van der Waals surface area contributed by atoms with Gasteiger partial charge in [-0.25, -0.2) is 0 Å². The van der Waals surface area contributed by atoms with E-state index in [1.807, 2.05) is 19.2 Å². The third kappa shape index (κ3) is 3.41. The molecule has 0 fully saturated rings. The van der Waals surface area contributed by atoms with Gasteiger partial charge in [0.2, 0.25) is 0 Å². The Balaban J connectivity index is 2.36. The molecule has 0 heterocycles. The summed E-state index contributed by atoms with van der Waals surface area (Å²) in [7, 11) is 1.96. The van der Waals surface area contributed by atoms with Crippen molar-refractivity contribution in [3.05, 3.63) is 58.6 Å². The van der Waals surface area contributed by atoms with Gasteiger partial charge in [0, 0.05) is 11.6 Å². The summed E-state index contributed by atoms with van der Waals surface area (Å²) in [6, 6.07) is 15.0. The van der Waals surface area contributed by atoms with E-state index in [-0.39, 0.29) is 0 Å². The van der Waals surface area contributed by atoms with E-state index in [2.05, 4.69) is 49.5 Å². The highest BCUT2D eigenvalue weighted by atomic mass is 35.5. The maximum absolute atomic E-state index is 6.10. The molecule has 0 aliphatic carbocycles. The molecule has 1 unspecified atom stereocenters. The summed E-state index contributed by atoms with van der Waals surface area (Å²) in [4.78, 5) is 0. The SMILES string of the molecule is CCC(C)c1ccc(-c2ccc(Cl)cc2CNC)cc1. The van der Waals surface area contributed by atoms with Crippen LogP contribution in [0.25, 0.3) is 11.1 Å². The Hall–Kier alpha value is -1.31. The van der Waals surface area contributed by atoms with Gasteiger partial charge >= 0.3 is 0 Å². The average Bonchev–Trinajstić information content (AvgIpc) is 2.47. The summed E-state index contributed by atoms with van der Waals surface area (Å²) in [6.45, 7) is 5.32. The minimum Gasteiger partial charge on any atom is -0.316 e. The normalized spacial score (nSPS) is 12.4. The highest BCUT2D eigenvalue weighted by Gasteiger charge is 2.07. The monoisotopic (exact) mass is 287 g/mol. The molecule has 0 aliphatic heterocycles. The Morgan fingerprint density at radius 2 is 1.80 bits per heavy atom. The van der Waals surface area contributed by atoms with Gasteiger partial charge in [0.05, 0.1) is 0 Å². The van der Waals surface area contributed by atoms with Crippen LogP contribution < -0.4 is 5.32 Å². The Labute approximate surface area is 127 Å². The first-order chi connectivity index (χ1) is 9.65. The zero-order valence-electron chi connectivity index (χ0n) is 12.4. The molecule has 0 aromatic heterocycles. The van der Waals surface area contributed by atoms with Gasteiger partial charge in [-0.3, -0.25) is 0 Å². The van der Waals surface area contributed by atoms with Crippen LogP contribution in [-0.2, 0) is 6.54 Å². The van der Waals surface area contributed by atoms with Gasteiger partial charge in [-0.2, -0.15) is 0 Å². The molecule has 1 nitrogen and oxygen atoms in total. The highest BCUT2D eigenvalue weighted by molar-refractivity contribution is 6.30. The molecule has 0 amide bonds. The summed E-state index contributed by atoms with van der Waals surface area (Å²) < 4.78 is 0. The first-order valence-corrected chi connectivity index (χ1v) is 7.56. The van der Waals surface area contributed by atoms with Gasteiger partial charge in [-0.05, 0) is 53.8 Å². The largest absolute Gasteiger partial charge is 0.316 e. The van der Waals surface area contributed by atoms with Gasteiger partial charge < -0.3 is 5.32 Å². The Bertz CT molecular complexity index is 560. The van der Waals surface area contributed by atoms with Crippen LogP contribution in [0.1, 0.15) is 37.3 Å². The van der Waals surface area contributed by atoms with E-state index in [0.29, 0.717) is 5.92 Å². The smallest absolute Gasteiger partial charge is 0.0409 e. The predicted octanol–water partition coefficient (Wildman–Crippen LogP) is 5.24. The van der Waals surface area contributed by atoms with Crippen molar-refractivity contribution in [3.63, 3.8) is 0 Å². The maximum atomic E-state index is 6.10. The number of halogens is 1. The zero-order valence-corrected chi connectivity index (χ0v) is 13.2. The molecular weight excluding hydrogens is 266 g/mol. The van der Waals surface area contributed by atoms with Crippen LogP contribution in [0.15, 0.2) is 42.5 Å². The number of nitrogens with one attached hydrogen (secondary N) is 1. The van der Waals surface area contributed by atoms with Crippen LogP contribution >= 0.6 is 11.6 Å². The van der Waals surface area contributed by atoms with Crippen molar-refractivity contribution in [3.8, 4) is 11.1 Å². The summed E-state index contributed by atoms with van der Waals surface area (Å²) in [5.74, 6) is 0.617. The molecule has 1 N–H and O–H groups in total. The van der Waals surface area contributed by atoms with Crippen molar-refractivity contribution >= 4 is 11.6 Å². The third-order valence-electron chi connectivity index (χ3n) is 3.84. The molecule has 2 heteroatoms. The second-order valence-corrected chi connectivity index (χ2v) is 5.70. The molecule has 2 aromatic rings. The Morgan fingerprint density at radius 1 is 1.10 bits per heavy atom. The number of rotatable bonds is 5. The first kappa shape index (κ1) is 15.1. The Kier molecular flexibility index (Phi) is 5.22. The molecule has 0 saturated carbocycles. The summed E-state index contributed by atoms with van der Waals surface area (Å²) in [5.41, 5.74) is 5.13. The fourth-order valence-electron chi connectivity index (χ4n) is 2.41. The van der Waals surface area contributed by atoms with Crippen molar-refractivity contribution in [1.29, 1.82) is 0 Å². The lowest BCUT2D eigenvalue weighted by Gasteiger charge is -2.13. The van der Waals surface area contributed by atoms with Crippen LogP contribution in [-0.4, -0.2) is 7.05 Å². The van der Waals surface area contributed by atoms with Crippen LogP contribution in [0.4, 0.5) is 0 Å². The maximum Gasteiger partial charge on any atom is 0.0409 e. The topological polar surface area (TPSA) is 12.0 Å². The molecule has 106 valence electrons. The van der Waals surface area contributed by atoms with E-state index in [9.17, 15) is 0 Å². The fraction of sp³-hybridized carbons (Fsp3) is 0.333. The number of hydrogen-bond donors (Lipinski definition) is 1. The summed E-state index contributed by atoms with van der Waals surface area (Å²) in [6.07, 6.45) is 1.17. The summed E-state index contributed by atoms with van der Waals surface area (Å²) >= 11 is 6.10. The molecule has 20 heavy (non-hydrogen) atoms. The second-order valence-electron chi connectivity index (χ2n) is 5.26. The quantitative estimate of drug-likeness (QED) is 0.793. The van der Waals surface area contributed by atoms with Gasteiger partial charge in [0.15, 0.2) is 0 Å². The van der Waals surface area contributed by atoms with E-state index in [1.54, 1.807) is 0 Å². The van der Waals surface area contributed by atoms with Gasteiger partial charge in [0.25, 0.3) is 0 Å². The van der Waals surface area contributed by atoms with E-state index in [0.717, 1.165) is 11.6 Å². The molecule has 0 aliphatic rings. The van der Waals surface area contributed by atoms with Gasteiger partial charge in [0.1, 0.15) is 0 Å². The lowest BCUT2D eigenvalue weighted by Crippen LogP contribution is -2.06. The van der Waals surface area contributed by atoms with Gasteiger partial charge in [-0.1, -0.05) is 55.8 Å². The van der Waals surface area contributed by atoms with E-state index in [1.165, 1.54) is 28.7 Å². The van der Waals surface area contributed by atoms with Crippen molar-refractivity contribution in [1.82, 2.24) is 5.32 Å². The van der Waals surface area contributed by atoms with Crippen molar-refractivity contribution in [2.24, 2.45) is 0 Å². The zero-order chi connectivity index (χ0) is 14.5. The van der Waals surface area contributed by atoms with Crippen molar-refractivity contribution in [2.45, 2.75) is 32.7 Å². The summed E-state index contributed by atoms with van der Waals surface area (Å²) in [5, 5.41) is 3.99. The average molecular weight is 288 g/mol. The molecular formula is C18H22ClN. The lowest BCUT2D eigenvalue weighted by atomic mass is 9.94. The Morgan fingerprint density at radius 3 is 2.40 bits per heavy atom. The molecule has 1 atom stereocenters. The third-order valence-corrected chi connectivity index (χ3v) is 4.07. The highest BCUT2D eigenvalue weighted by Crippen LogP contribution is 2.28. The van der Waals surface area contributed by atoms with Crippen LogP contribution in [0.2, 0.25) is 5.02 Å². The van der Waals surface area contributed by atoms with Crippen LogP contribution in [0, 0.1) is 0 Å². The molecule has 2 aromatic carbocycles. The molecule has 2 rings (SSSR count). The molecule has 0 radical (unpaired) electrons. The minimum absolute atomic E-state index is 0.617. The second kappa shape index (κ2) is 6.92. The van der Waals surface area contributed by atoms with E-state index < -0.39 is 0 Å². The van der Waals surface area contributed by atoms with Crippen LogP contribution in [0.3, 0.4) is 0 Å². The van der Waals surface area contributed by atoms with E-state index in [4.69, 9.17) is 11.6 Å². The minimum atomic E-state index is 0.617. The number of benzene rings is 2. The molecule has 0 saturated heterocycles. The molecule has 0 spiro atoms. The molecule has 0 bridgehead atoms. The number of hydrogen-bond acceptors (Lipinski definition) is 1.